The van der Waals surface area contributed by atoms with Gasteiger partial charge in [-0.05, 0) is 40.7 Å². The van der Waals surface area contributed by atoms with Crippen molar-refractivity contribution in [3.8, 4) is 0 Å². The highest BCUT2D eigenvalue weighted by molar-refractivity contribution is 9.10. The summed E-state index contributed by atoms with van der Waals surface area (Å²) in [5.74, 6) is 0.455. The number of nitrogens with zero attached hydrogens (tertiary/aromatic N) is 2. The minimum absolute atomic E-state index is 0.0605. The van der Waals surface area contributed by atoms with Crippen LogP contribution in [-0.2, 0) is 23.1 Å². The van der Waals surface area contributed by atoms with Gasteiger partial charge in [0, 0.05) is 11.0 Å². The summed E-state index contributed by atoms with van der Waals surface area (Å²) in [7, 11) is -1.82. The molecule has 0 unspecified atom stereocenters. The van der Waals surface area contributed by atoms with Crippen LogP contribution in [0.25, 0.3) is 0 Å². The number of benzene rings is 1. The number of aromatic amines is 1. The van der Waals surface area contributed by atoms with Crippen molar-refractivity contribution in [2.45, 2.75) is 18.0 Å². The maximum atomic E-state index is 12.3. The maximum absolute atomic E-state index is 12.3. The Morgan fingerprint density at radius 3 is 2.80 bits per heavy atom. The van der Waals surface area contributed by atoms with Crippen molar-refractivity contribution < 1.29 is 8.42 Å². The van der Waals surface area contributed by atoms with Crippen LogP contribution in [0.2, 0.25) is 0 Å². The van der Waals surface area contributed by atoms with E-state index in [0.29, 0.717) is 16.8 Å². The minimum atomic E-state index is -3.62. The second-order valence-electron chi connectivity index (χ2n) is 4.05. The van der Waals surface area contributed by atoms with Crippen LogP contribution >= 0.6 is 15.9 Å². The van der Waals surface area contributed by atoms with Gasteiger partial charge in [0.15, 0.2) is 0 Å². The van der Waals surface area contributed by atoms with Gasteiger partial charge in [0.1, 0.15) is 12.2 Å². The maximum Gasteiger partial charge on any atom is 0.242 e. The molecular formula is C11H14BrN5O2S. The lowest BCUT2D eigenvalue weighted by Gasteiger charge is -2.09. The SMILES string of the molecule is CNCc1ccc(Br)c(S(=O)(=O)NCc2ncn[nH]2)c1. The first-order chi connectivity index (χ1) is 9.53. The van der Waals surface area contributed by atoms with Crippen LogP contribution in [0.4, 0.5) is 0 Å². The van der Waals surface area contributed by atoms with Crippen LogP contribution < -0.4 is 10.0 Å². The molecule has 1 aromatic heterocycles. The molecule has 2 aromatic rings. The van der Waals surface area contributed by atoms with E-state index in [9.17, 15) is 8.42 Å². The van der Waals surface area contributed by atoms with Crippen molar-refractivity contribution >= 4 is 26.0 Å². The molecule has 1 heterocycles. The Labute approximate surface area is 125 Å². The number of halogens is 1. The number of nitrogens with one attached hydrogen (secondary N) is 3. The zero-order valence-corrected chi connectivity index (χ0v) is 13.1. The molecule has 0 aliphatic carbocycles. The van der Waals surface area contributed by atoms with E-state index in [4.69, 9.17) is 0 Å². The number of hydrogen-bond acceptors (Lipinski definition) is 5. The first-order valence-corrected chi connectivity index (χ1v) is 8.07. The quantitative estimate of drug-likeness (QED) is 0.707. The van der Waals surface area contributed by atoms with Gasteiger partial charge in [0.25, 0.3) is 0 Å². The Hall–Kier alpha value is -1.29. The summed E-state index contributed by atoms with van der Waals surface area (Å²) in [6.07, 6.45) is 1.33. The molecule has 0 fully saturated rings. The predicted molar refractivity (Wildman–Crippen MR) is 77.3 cm³/mol. The molecule has 0 atom stereocenters. The van der Waals surface area contributed by atoms with Crippen molar-refractivity contribution in [2.24, 2.45) is 0 Å². The molecule has 0 bridgehead atoms. The molecule has 20 heavy (non-hydrogen) atoms. The molecule has 0 aliphatic rings. The van der Waals surface area contributed by atoms with Crippen LogP contribution in [0.15, 0.2) is 33.9 Å². The summed E-state index contributed by atoms with van der Waals surface area (Å²) < 4.78 is 27.6. The Balaban J connectivity index is 2.21. The molecule has 9 heteroatoms. The summed E-state index contributed by atoms with van der Waals surface area (Å²) in [4.78, 5) is 4.07. The first kappa shape index (κ1) is 15.1. The van der Waals surface area contributed by atoms with E-state index in [1.54, 1.807) is 19.2 Å². The normalized spacial score (nSPS) is 11.7. The van der Waals surface area contributed by atoms with Gasteiger partial charge in [-0.2, -0.15) is 5.10 Å². The molecule has 7 nitrogen and oxygen atoms in total. The Morgan fingerprint density at radius 1 is 1.35 bits per heavy atom. The van der Waals surface area contributed by atoms with Gasteiger partial charge >= 0.3 is 0 Å². The van der Waals surface area contributed by atoms with Crippen molar-refractivity contribution in [3.63, 3.8) is 0 Å². The molecule has 0 radical (unpaired) electrons. The molecule has 0 spiro atoms. The third kappa shape index (κ3) is 3.63. The highest BCUT2D eigenvalue weighted by Crippen LogP contribution is 2.23. The average Bonchev–Trinajstić information content (AvgIpc) is 2.92. The van der Waals surface area contributed by atoms with E-state index < -0.39 is 10.0 Å². The van der Waals surface area contributed by atoms with Crippen molar-refractivity contribution in [1.82, 2.24) is 25.2 Å². The van der Waals surface area contributed by atoms with Crippen molar-refractivity contribution in [2.75, 3.05) is 7.05 Å². The van der Waals surface area contributed by atoms with Gasteiger partial charge < -0.3 is 5.32 Å². The Bertz CT molecular complexity index is 672. The average molecular weight is 360 g/mol. The molecule has 0 saturated heterocycles. The van der Waals surface area contributed by atoms with Crippen LogP contribution in [0.1, 0.15) is 11.4 Å². The number of H-pyrrole nitrogens is 1. The summed E-state index contributed by atoms with van der Waals surface area (Å²) >= 11 is 3.26. The Kier molecular flexibility index (Phi) is 4.86. The van der Waals surface area contributed by atoms with Gasteiger partial charge in [0.2, 0.25) is 10.0 Å². The number of aromatic nitrogens is 3. The fourth-order valence-electron chi connectivity index (χ4n) is 1.62. The number of rotatable bonds is 6. The lowest BCUT2D eigenvalue weighted by molar-refractivity contribution is 0.578. The van der Waals surface area contributed by atoms with E-state index in [1.807, 2.05) is 6.07 Å². The van der Waals surface area contributed by atoms with Crippen LogP contribution in [0.5, 0.6) is 0 Å². The zero-order chi connectivity index (χ0) is 14.6. The fraction of sp³-hybridized carbons (Fsp3) is 0.273. The molecule has 3 N–H and O–H groups in total. The minimum Gasteiger partial charge on any atom is -0.316 e. The topological polar surface area (TPSA) is 99.8 Å². The second kappa shape index (κ2) is 6.44. The van der Waals surface area contributed by atoms with Gasteiger partial charge in [-0.15, -0.1) is 0 Å². The van der Waals surface area contributed by atoms with Gasteiger partial charge in [-0.1, -0.05) is 6.07 Å². The highest BCUT2D eigenvalue weighted by Gasteiger charge is 2.18. The summed E-state index contributed by atoms with van der Waals surface area (Å²) in [5.41, 5.74) is 0.885. The molecule has 0 saturated carbocycles. The number of sulfonamides is 1. The monoisotopic (exact) mass is 359 g/mol. The van der Waals surface area contributed by atoms with Gasteiger partial charge in [0.05, 0.1) is 11.4 Å². The third-order valence-corrected chi connectivity index (χ3v) is 4.96. The highest BCUT2D eigenvalue weighted by atomic mass is 79.9. The molecule has 1 aromatic carbocycles. The summed E-state index contributed by atoms with van der Waals surface area (Å²) in [5, 5.41) is 9.24. The summed E-state index contributed by atoms with van der Waals surface area (Å²) in [6.45, 7) is 0.656. The van der Waals surface area contributed by atoms with E-state index >= 15 is 0 Å². The zero-order valence-electron chi connectivity index (χ0n) is 10.7. The van der Waals surface area contributed by atoms with Crippen LogP contribution in [0, 0.1) is 0 Å². The van der Waals surface area contributed by atoms with Crippen LogP contribution in [0.3, 0.4) is 0 Å². The molecule has 108 valence electrons. The lowest BCUT2D eigenvalue weighted by Crippen LogP contribution is -2.24. The summed E-state index contributed by atoms with van der Waals surface area (Å²) in [6, 6.07) is 5.20. The van der Waals surface area contributed by atoms with E-state index in [1.165, 1.54) is 6.33 Å². The standard InChI is InChI=1S/C11H14BrN5O2S/c1-13-5-8-2-3-9(12)10(4-8)20(18,19)16-6-11-14-7-15-17-11/h2-4,7,13,16H,5-6H2,1H3,(H,14,15,17). The van der Waals surface area contributed by atoms with Gasteiger partial charge in [-0.25, -0.2) is 18.1 Å². The van der Waals surface area contributed by atoms with E-state index in [0.717, 1.165) is 5.56 Å². The third-order valence-electron chi connectivity index (χ3n) is 2.56. The van der Waals surface area contributed by atoms with E-state index in [2.05, 4.69) is 41.2 Å². The van der Waals surface area contributed by atoms with Crippen molar-refractivity contribution in [3.05, 3.63) is 40.4 Å². The fourth-order valence-corrected chi connectivity index (χ4v) is 3.62. The smallest absolute Gasteiger partial charge is 0.242 e. The second-order valence-corrected chi connectivity index (χ2v) is 6.64. The molecule has 0 amide bonds. The molecule has 2 rings (SSSR count). The lowest BCUT2D eigenvalue weighted by atomic mass is 10.2. The molecular weight excluding hydrogens is 346 g/mol. The van der Waals surface area contributed by atoms with Gasteiger partial charge in [-0.3, -0.25) is 5.10 Å². The number of hydrogen-bond donors (Lipinski definition) is 3. The van der Waals surface area contributed by atoms with Crippen molar-refractivity contribution in [1.29, 1.82) is 0 Å². The first-order valence-electron chi connectivity index (χ1n) is 5.80. The Morgan fingerprint density at radius 2 is 2.15 bits per heavy atom. The molecule has 0 aliphatic heterocycles. The van der Waals surface area contributed by atoms with E-state index in [-0.39, 0.29) is 11.4 Å². The van der Waals surface area contributed by atoms with Crippen LogP contribution in [-0.4, -0.2) is 30.6 Å². The largest absolute Gasteiger partial charge is 0.316 e. The predicted octanol–water partition coefficient (Wildman–Crippen LogP) is 0.765.